The maximum Gasteiger partial charge on any atom is 0.119 e. The lowest BCUT2D eigenvalue weighted by atomic mass is 10.1. The van der Waals surface area contributed by atoms with Gasteiger partial charge < -0.3 is 9.47 Å². The van der Waals surface area contributed by atoms with Crippen molar-refractivity contribution in [2.75, 3.05) is 13.2 Å². The minimum absolute atomic E-state index is 0.822. The minimum Gasteiger partial charge on any atom is -0.494 e. The van der Waals surface area contributed by atoms with E-state index in [1.807, 2.05) is 0 Å². The standard InChI is InChI=1S/C33H40O2/c1(2-4-6-8-14-24-34-32-22-20-28-16-10-12-18-30(28)26-32)3-5-7-9-15-25-35-33-23-21-29-17-11-13-19-31(29)27-33/h10-13,16-23,26-27H,1-9,14-15,24-25H2. The van der Waals surface area contributed by atoms with E-state index in [1.165, 1.54) is 79.3 Å². The van der Waals surface area contributed by atoms with Crippen molar-refractivity contribution < 1.29 is 9.47 Å². The van der Waals surface area contributed by atoms with E-state index in [9.17, 15) is 0 Å². The molecule has 35 heavy (non-hydrogen) atoms. The predicted octanol–water partition coefficient (Wildman–Crippen LogP) is 9.74. The summed E-state index contributed by atoms with van der Waals surface area (Å²) in [5, 5.41) is 5.04. The van der Waals surface area contributed by atoms with E-state index in [0.29, 0.717) is 0 Å². The Kier molecular flexibility index (Phi) is 10.3. The Morgan fingerprint density at radius 1 is 0.343 bits per heavy atom. The van der Waals surface area contributed by atoms with Crippen LogP contribution in [0.15, 0.2) is 84.9 Å². The minimum atomic E-state index is 0.822. The molecular formula is C33H40O2. The topological polar surface area (TPSA) is 18.5 Å². The van der Waals surface area contributed by atoms with Gasteiger partial charge in [-0.25, -0.2) is 0 Å². The van der Waals surface area contributed by atoms with E-state index in [-0.39, 0.29) is 0 Å². The number of rotatable bonds is 16. The number of fused-ring (bicyclic) bond motifs is 2. The van der Waals surface area contributed by atoms with Crippen LogP contribution < -0.4 is 9.47 Å². The molecule has 0 atom stereocenters. The quantitative estimate of drug-likeness (QED) is 0.152. The normalized spacial score (nSPS) is 11.2. The molecule has 0 spiro atoms. The molecule has 0 aliphatic carbocycles. The largest absolute Gasteiger partial charge is 0.494 e. The van der Waals surface area contributed by atoms with E-state index >= 15 is 0 Å². The molecule has 0 amide bonds. The Bertz CT molecular complexity index is 1060. The van der Waals surface area contributed by atoms with Crippen LogP contribution in [0, 0.1) is 0 Å². The number of hydrogen-bond acceptors (Lipinski definition) is 2. The van der Waals surface area contributed by atoms with Crippen LogP contribution in [0.4, 0.5) is 0 Å². The van der Waals surface area contributed by atoms with E-state index in [4.69, 9.17) is 9.47 Å². The summed E-state index contributed by atoms with van der Waals surface area (Å²) in [6, 6.07) is 29.6. The van der Waals surface area contributed by atoms with Gasteiger partial charge >= 0.3 is 0 Å². The average Bonchev–Trinajstić information content (AvgIpc) is 2.90. The molecule has 0 unspecified atom stereocenters. The first-order valence-electron chi connectivity index (χ1n) is 13.6. The summed E-state index contributed by atoms with van der Waals surface area (Å²) >= 11 is 0. The first-order chi connectivity index (χ1) is 17.4. The molecule has 0 aliphatic rings. The Morgan fingerprint density at radius 3 is 1.09 bits per heavy atom. The Hall–Kier alpha value is -3.00. The Labute approximate surface area is 211 Å². The molecule has 0 aliphatic heterocycles. The van der Waals surface area contributed by atoms with Crippen LogP contribution in [0.1, 0.15) is 70.6 Å². The van der Waals surface area contributed by atoms with Crippen LogP contribution in [0.3, 0.4) is 0 Å². The first-order valence-corrected chi connectivity index (χ1v) is 13.6. The summed E-state index contributed by atoms with van der Waals surface area (Å²) in [6.07, 6.45) is 14.3. The van der Waals surface area contributed by atoms with Crippen LogP contribution >= 0.6 is 0 Å². The van der Waals surface area contributed by atoms with Crippen molar-refractivity contribution in [3.63, 3.8) is 0 Å². The summed E-state index contributed by atoms with van der Waals surface area (Å²) in [7, 11) is 0. The van der Waals surface area contributed by atoms with Crippen molar-refractivity contribution in [1.29, 1.82) is 0 Å². The summed E-state index contributed by atoms with van der Waals surface area (Å²) in [4.78, 5) is 0. The second kappa shape index (κ2) is 14.4. The zero-order valence-corrected chi connectivity index (χ0v) is 21.1. The smallest absolute Gasteiger partial charge is 0.119 e. The Morgan fingerprint density at radius 2 is 0.686 bits per heavy atom. The van der Waals surface area contributed by atoms with Gasteiger partial charge in [0.1, 0.15) is 11.5 Å². The molecular weight excluding hydrogens is 428 g/mol. The zero-order chi connectivity index (χ0) is 24.0. The van der Waals surface area contributed by atoms with Gasteiger partial charge in [-0.15, -0.1) is 0 Å². The van der Waals surface area contributed by atoms with Gasteiger partial charge in [0, 0.05) is 0 Å². The van der Waals surface area contributed by atoms with Crippen molar-refractivity contribution in [2.24, 2.45) is 0 Å². The summed E-state index contributed by atoms with van der Waals surface area (Å²) < 4.78 is 11.9. The van der Waals surface area contributed by atoms with E-state index in [2.05, 4.69) is 84.9 Å². The van der Waals surface area contributed by atoms with Crippen LogP contribution in [0.5, 0.6) is 11.5 Å². The van der Waals surface area contributed by atoms with E-state index in [0.717, 1.165) is 37.6 Å². The number of ether oxygens (including phenoxy) is 2. The van der Waals surface area contributed by atoms with Crippen molar-refractivity contribution in [2.45, 2.75) is 70.6 Å². The second-order valence-electron chi connectivity index (χ2n) is 9.60. The summed E-state index contributed by atoms with van der Waals surface area (Å²) in [5.74, 6) is 1.98. The maximum atomic E-state index is 5.95. The highest BCUT2D eigenvalue weighted by atomic mass is 16.5. The maximum absolute atomic E-state index is 5.95. The zero-order valence-electron chi connectivity index (χ0n) is 21.1. The molecule has 0 bridgehead atoms. The highest BCUT2D eigenvalue weighted by Crippen LogP contribution is 2.22. The van der Waals surface area contributed by atoms with Crippen LogP contribution in [0.25, 0.3) is 21.5 Å². The molecule has 0 saturated carbocycles. The van der Waals surface area contributed by atoms with Gasteiger partial charge in [0.2, 0.25) is 0 Å². The molecule has 0 radical (unpaired) electrons. The van der Waals surface area contributed by atoms with Gasteiger partial charge in [0.05, 0.1) is 13.2 Å². The molecule has 0 N–H and O–H groups in total. The molecule has 184 valence electrons. The third-order valence-electron chi connectivity index (χ3n) is 6.77. The third-order valence-corrected chi connectivity index (χ3v) is 6.77. The molecule has 2 heteroatoms. The fraction of sp³-hybridized carbons (Fsp3) is 0.394. The SMILES string of the molecule is c1ccc2cc(OCCCCCCCCCCCCCOc3ccc4ccccc4c3)ccc2c1. The monoisotopic (exact) mass is 468 g/mol. The van der Waals surface area contributed by atoms with Gasteiger partial charge in [-0.1, -0.05) is 118 Å². The van der Waals surface area contributed by atoms with Gasteiger partial charge in [-0.2, -0.15) is 0 Å². The Balaban J connectivity index is 0.927. The lowest BCUT2D eigenvalue weighted by Crippen LogP contribution is -1.97. The van der Waals surface area contributed by atoms with Gasteiger partial charge in [-0.3, -0.25) is 0 Å². The highest BCUT2D eigenvalue weighted by molar-refractivity contribution is 5.84. The van der Waals surface area contributed by atoms with Gasteiger partial charge in [0.25, 0.3) is 0 Å². The fourth-order valence-electron chi connectivity index (χ4n) is 4.69. The fourth-order valence-corrected chi connectivity index (χ4v) is 4.69. The number of hydrogen-bond donors (Lipinski definition) is 0. The van der Waals surface area contributed by atoms with Crippen molar-refractivity contribution in [3.8, 4) is 11.5 Å². The van der Waals surface area contributed by atoms with Crippen molar-refractivity contribution in [3.05, 3.63) is 84.9 Å². The van der Waals surface area contributed by atoms with Crippen LogP contribution in [0.2, 0.25) is 0 Å². The molecule has 4 aromatic carbocycles. The molecule has 2 nitrogen and oxygen atoms in total. The molecule has 0 saturated heterocycles. The summed E-state index contributed by atoms with van der Waals surface area (Å²) in [6.45, 7) is 1.64. The van der Waals surface area contributed by atoms with Gasteiger partial charge in [-0.05, 0) is 58.7 Å². The molecule has 4 aromatic rings. The predicted molar refractivity (Wildman–Crippen MR) is 150 cm³/mol. The second-order valence-corrected chi connectivity index (χ2v) is 9.60. The lowest BCUT2D eigenvalue weighted by Gasteiger charge is -2.08. The van der Waals surface area contributed by atoms with Crippen molar-refractivity contribution >= 4 is 21.5 Å². The van der Waals surface area contributed by atoms with E-state index in [1.54, 1.807) is 0 Å². The first kappa shape index (κ1) is 25.1. The van der Waals surface area contributed by atoms with Gasteiger partial charge in [0.15, 0.2) is 0 Å². The van der Waals surface area contributed by atoms with Crippen LogP contribution in [-0.4, -0.2) is 13.2 Å². The molecule has 0 heterocycles. The molecule has 4 rings (SSSR count). The van der Waals surface area contributed by atoms with E-state index < -0.39 is 0 Å². The number of benzene rings is 4. The lowest BCUT2D eigenvalue weighted by molar-refractivity contribution is 0.304. The van der Waals surface area contributed by atoms with Crippen LogP contribution in [-0.2, 0) is 0 Å². The van der Waals surface area contributed by atoms with Crippen molar-refractivity contribution in [1.82, 2.24) is 0 Å². The summed E-state index contributed by atoms with van der Waals surface area (Å²) in [5.41, 5.74) is 0. The molecule has 0 aromatic heterocycles. The highest BCUT2D eigenvalue weighted by Gasteiger charge is 1.99. The molecule has 0 fully saturated rings. The average molecular weight is 469 g/mol. The number of unbranched alkanes of at least 4 members (excludes halogenated alkanes) is 10. The third kappa shape index (κ3) is 8.62.